The summed E-state index contributed by atoms with van der Waals surface area (Å²) in [5.41, 5.74) is -0.0904. The van der Waals surface area contributed by atoms with E-state index < -0.39 is 4.92 Å². The highest BCUT2D eigenvalue weighted by Gasteiger charge is 2.19. The summed E-state index contributed by atoms with van der Waals surface area (Å²) in [5.74, 6) is 0.483. The van der Waals surface area contributed by atoms with E-state index in [0.29, 0.717) is 12.5 Å². The Morgan fingerprint density at radius 2 is 2.28 bits per heavy atom. The number of hydrogen-bond donors (Lipinski definition) is 0. The van der Waals surface area contributed by atoms with Gasteiger partial charge in [-0.05, 0) is 12.5 Å². The monoisotopic (exact) mass is 335 g/mol. The molecule has 1 aromatic rings. The molecule has 0 aliphatic heterocycles. The average Bonchev–Trinajstić information content (AvgIpc) is 2.35. The van der Waals surface area contributed by atoms with E-state index >= 15 is 0 Å². The van der Waals surface area contributed by atoms with Gasteiger partial charge in [-0.3, -0.25) is 10.1 Å². The molecule has 0 radical (unpaired) electrons. The molecular formula is C12H15BrClNO3. The second-order valence-electron chi connectivity index (χ2n) is 3.97. The van der Waals surface area contributed by atoms with Crippen LogP contribution in [-0.2, 0) is 0 Å². The first-order chi connectivity index (χ1) is 8.60. The van der Waals surface area contributed by atoms with Crippen molar-refractivity contribution < 1.29 is 9.66 Å². The molecule has 0 saturated heterocycles. The first-order valence-electron chi connectivity index (χ1n) is 5.71. The van der Waals surface area contributed by atoms with Crippen molar-refractivity contribution in [3.8, 4) is 5.75 Å². The van der Waals surface area contributed by atoms with Crippen molar-refractivity contribution in [3.63, 3.8) is 0 Å². The lowest BCUT2D eigenvalue weighted by atomic mass is 10.1. The fourth-order valence-corrected chi connectivity index (χ4v) is 2.33. The molecule has 1 atom stereocenters. The predicted molar refractivity (Wildman–Crippen MR) is 75.8 cm³/mol. The second kappa shape index (κ2) is 7.59. The Bertz CT molecular complexity index is 414. The molecular weight excluding hydrogens is 321 g/mol. The number of para-hydroxylation sites is 1. The molecule has 1 aromatic carbocycles. The number of benzene rings is 1. The molecule has 100 valence electrons. The fraction of sp³-hybridized carbons (Fsp3) is 0.500. The van der Waals surface area contributed by atoms with Gasteiger partial charge < -0.3 is 4.74 Å². The standard InChI is InChI=1S/C12H15BrClNO3/c1-2-4-9(7-13)8-18-12-10(14)5-3-6-11(12)15(16)17/h3,5-6,9H,2,4,7-8H2,1H3. The van der Waals surface area contributed by atoms with Crippen LogP contribution in [0.15, 0.2) is 18.2 Å². The van der Waals surface area contributed by atoms with Gasteiger partial charge in [0, 0.05) is 17.3 Å². The molecule has 4 nitrogen and oxygen atoms in total. The molecule has 1 rings (SSSR count). The van der Waals surface area contributed by atoms with Gasteiger partial charge >= 0.3 is 5.69 Å². The lowest BCUT2D eigenvalue weighted by Crippen LogP contribution is -2.14. The number of ether oxygens (including phenoxy) is 1. The first kappa shape index (κ1) is 15.2. The first-order valence-corrected chi connectivity index (χ1v) is 7.21. The van der Waals surface area contributed by atoms with Crippen molar-refractivity contribution in [2.24, 2.45) is 5.92 Å². The summed E-state index contributed by atoms with van der Waals surface area (Å²) in [6, 6.07) is 4.53. The lowest BCUT2D eigenvalue weighted by molar-refractivity contribution is -0.385. The van der Waals surface area contributed by atoms with Gasteiger partial charge in [-0.25, -0.2) is 0 Å². The minimum absolute atomic E-state index is 0.0904. The zero-order valence-electron chi connectivity index (χ0n) is 10.1. The third-order valence-corrected chi connectivity index (χ3v) is 3.73. The summed E-state index contributed by atoms with van der Waals surface area (Å²) >= 11 is 9.35. The molecule has 1 unspecified atom stereocenters. The van der Waals surface area contributed by atoms with Crippen LogP contribution in [-0.4, -0.2) is 16.9 Å². The lowest BCUT2D eigenvalue weighted by Gasteiger charge is -2.14. The van der Waals surface area contributed by atoms with Crippen molar-refractivity contribution >= 4 is 33.2 Å². The Balaban J connectivity index is 2.80. The van der Waals surface area contributed by atoms with Crippen LogP contribution >= 0.6 is 27.5 Å². The molecule has 0 N–H and O–H groups in total. The third-order valence-electron chi connectivity index (χ3n) is 2.52. The molecule has 6 heteroatoms. The van der Waals surface area contributed by atoms with Crippen LogP contribution in [0.4, 0.5) is 5.69 Å². The zero-order valence-corrected chi connectivity index (χ0v) is 12.4. The number of halogens is 2. The molecule has 0 aliphatic carbocycles. The maximum atomic E-state index is 10.9. The van der Waals surface area contributed by atoms with E-state index in [9.17, 15) is 10.1 Å². The molecule has 0 saturated carbocycles. The van der Waals surface area contributed by atoms with Crippen molar-refractivity contribution in [2.45, 2.75) is 19.8 Å². The molecule has 0 amide bonds. The number of nitro benzene ring substituents is 1. The van der Waals surface area contributed by atoms with Crippen molar-refractivity contribution in [2.75, 3.05) is 11.9 Å². The van der Waals surface area contributed by atoms with Crippen molar-refractivity contribution in [1.29, 1.82) is 0 Å². The van der Waals surface area contributed by atoms with Gasteiger partial charge in [-0.2, -0.15) is 0 Å². The Kier molecular flexibility index (Phi) is 6.43. The van der Waals surface area contributed by atoms with Gasteiger partial charge in [0.2, 0.25) is 5.75 Å². The quantitative estimate of drug-likeness (QED) is 0.420. The van der Waals surface area contributed by atoms with E-state index in [-0.39, 0.29) is 16.5 Å². The molecule has 0 fully saturated rings. The number of nitrogens with zero attached hydrogens (tertiary/aromatic N) is 1. The highest BCUT2D eigenvalue weighted by molar-refractivity contribution is 9.09. The molecule has 0 aliphatic rings. The summed E-state index contributed by atoms with van der Waals surface area (Å²) in [5, 5.41) is 11.9. The maximum absolute atomic E-state index is 10.9. The van der Waals surface area contributed by atoms with Crippen LogP contribution in [0.25, 0.3) is 0 Å². The van der Waals surface area contributed by atoms with E-state index in [4.69, 9.17) is 16.3 Å². The maximum Gasteiger partial charge on any atom is 0.312 e. The summed E-state index contributed by atoms with van der Waals surface area (Å²) in [4.78, 5) is 10.4. The minimum Gasteiger partial charge on any atom is -0.485 e. The van der Waals surface area contributed by atoms with Crippen LogP contribution in [0.5, 0.6) is 5.75 Å². The molecule has 0 spiro atoms. The van der Waals surface area contributed by atoms with Crippen LogP contribution in [0.1, 0.15) is 19.8 Å². The largest absolute Gasteiger partial charge is 0.485 e. The Morgan fingerprint density at radius 1 is 1.56 bits per heavy atom. The Morgan fingerprint density at radius 3 is 2.83 bits per heavy atom. The van der Waals surface area contributed by atoms with Gasteiger partial charge in [0.05, 0.1) is 16.6 Å². The van der Waals surface area contributed by atoms with Crippen LogP contribution in [0.3, 0.4) is 0 Å². The van der Waals surface area contributed by atoms with Gasteiger partial charge in [0.1, 0.15) is 0 Å². The topological polar surface area (TPSA) is 52.4 Å². The third kappa shape index (κ3) is 4.14. The average molecular weight is 337 g/mol. The fourth-order valence-electron chi connectivity index (χ4n) is 1.60. The van der Waals surface area contributed by atoms with E-state index in [1.165, 1.54) is 6.07 Å². The highest BCUT2D eigenvalue weighted by atomic mass is 79.9. The summed E-state index contributed by atoms with van der Waals surface area (Å²) in [6.07, 6.45) is 2.05. The van der Waals surface area contributed by atoms with E-state index in [2.05, 4.69) is 22.9 Å². The van der Waals surface area contributed by atoms with E-state index in [0.717, 1.165) is 18.2 Å². The van der Waals surface area contributed by atoms with Crippen molar-refractivity contribution in [1.82, 2.24) is 0 Å². The number of rotatable bonds is 7. The SMILES string of the molecule is CCCC(CBr)COc1c(Cl)cccc1[N+](=O)[O-]. The highest BCUT2D eigenvalue weighted by Crippen LogP contribution is 2.34. The van der Waals surface area contributed by atoms with Crippen LogP contribution in [0.2, 0.25) is 5.02 Å². The normalized spacial score (nSPS) is 12.2. The van der Waals surface area contributed by atoms with Gasteiger partial charge in [0.15, 0.2) is 0 Å². The summed E-state index contributed by atoms with van der Waals surface area (Å²) < 4.78 is 5.53. The number of nitro groups is 1. The molecule has 0 aromatic heterocycles. The predicted octanol–water partition coefficient (Wildman–Crippen LogP) is 4.44. The van der Waals surface area contributed by atoms with Crippen molar-refractivity contribution in [3.05, 3.63) is 33.3 Å². The van der Waals surface area contributed by atoms with Gasteiger partial charge in [-0.15, -0.1) is 0 Å². The van der Waals surface area contributed by atoms with Crippen LogP contribution in [0, 0.1) is 16.0 Å². The zero-order chi connectivity index (χ0) is 13.5. The number of alkyl halides is 1. The Hall–Kier alpha value is -0.810. The van der Waals surface area contributed by atoms with E-state index in [1.54, 1.807) is 12.1 Å². The van der Waals surface area contributed by atoms with Gasteiger partial charge in [0.25, 0.3) is 0 Å². The molecule has 0 heterocycles. The summed E-state index contributed by atoms with van der Waals surface area (Å²) in [7, 11) is 0. The smallest absolute Gasteiger partial charge is 0.312 e. The van der Waals surface area contributed by atoms with Crippen LogP contribution < -0.4 is 4.74 Å². The minimum atomic E-state index is -0.482. The van der Waals surface area contributed by atoms with Gasteiger partial charge in [-0.1, -0.05) is 46.9 Å². The summed E-state index contributed by atoms with van der Waals surface area (Å²) in [6.45, 7) is 2.51. The number of hydrogen-bond acceptors (Lipinski definition) is 3. The molecule has 18 heavy (non-hydrogen) atoms. The van der Waals surface area contributed by atoms with E-state index in [1.807, 2.05) is 0 Å². The Labute approximate surface area is 120 Å². The second-order valence-corrected chi connectivity index (χ2v) is 5.02. The molecule has 0 bridgehead atoms.